The number of fused-ring (bicyclic) bond motifs is 1. The van der Waals surface area contributed by atoms with E-state index in [0.717, 1.165) is 70.0 Å². The van der Waals surface area contributed by atoms with Gasteiger partial charge in [-0.15, -0.1) is 0 Å². The molecule has 3 saturated heterocycles. The van der Waals surface area contributed by atoms with Gasteiger partial charge in [0.05, 0.1) is 5.69 Å². The Balaban J connectivity index is 1.12. The second kappa shape index (κ2) is 14.5. The van der Waals surface area contributed by atoms with Gasteiger partial charge in [-0.3, -0.25) is 14.5 Å². The third-order valence-electron chi connectivity index (χ3n) is 10.0. The molecule has 3 aromatic rings. The molecular formula is C34H43Br2N7O3. The van der Waals surface area contributed by atoms with Crippen molar-refractivity contribution in [2.24, 2.45) is 0 Å². The van der Waals surface area contributed by atoms with E-state index in [9.17, 15) is 14.4 Å². The Hall–Kier alpha value is -2.93. The van der Waals surface area contributed by atoms with Gasteiger partial charge in [0.1, 0.15) is 6.04 Å². The Labute approximate surface area is 286 Å². The first-order valence-corrected chi connectivity index (χ1v) is 17.9. The number of para-hydroxylation sites is 1. The fraction of sp³-hybridized carbons (Fsp3) is 0.500. The number of rotatable bonds is 6. The molecule has 1 aromatic heterocycles. The molecule has 12 heteroatoms. The number of halogens is 2. The van der Waals surface area contributed by atoms with E-state index >= 15 is 0 Å². The summed E-state index contributed by atoms with van der Waals surface area (Å²) in [7, 11) is 2.17. The number of urea groups is 1. The van der Waals surface area contributed by atoms with Crippen LogP contribution >= 0.6 is 31.9 Å². The number of nitrogens with two attached hydrogens (primary N) is 1. The number of benzene rings is 2. The first kappa shape index (κ1) is 33.0. The van der Waals surface area contributed by atoms with Crippen molar-refractivity contribution in [1.82, 2.24) is 29.9 Å². The van der Waals surface area contributed by atoms with E-state index in [4.69, 9.17) is 5.73 Å². The summed E-state index contributed by atoms with van der Waals surface area (Å²) in [6.45, 7) is 6.69. The molecule has 0 bridgehead atoms. The smallest absolute Gasteiger partial charge is 0.318 e. The Morgan fingerprint density at radius 1 is 0.913 bits per heavy atom. The molecule has 4 N–H and O–H groups in total. The lowest BCUT2D eigenvalue weighted by Gasteiger charge is -2.42. The number of carbonyl (C=O) groups excluding carboxylic acids is 2. The number of likely N-dealkylation sites (N-methyl/N-ethyl adjacent to an activating group) is 1. The van der Waals surface area contributed by atoms with E-state index in [0.29, 0.717) is 57.2 Å². The number of nitrogens with one attached hydrogen (secondary N) is 2. The summed E-state index contributed by atoms with van der Waals surface area (Å²) in [5, 5.41) is 4.11. The number of H-pyrrole nitrogens is 1. The molecule has 1 atom stereocenters. The molecule has 3 amide bonds. The number of nitrogen functional groups attached to an aromatic ring is 1. The number of nitrogens with zero attached hydrogens (tertiary/aromatic N) is 4. The molecule has 0 saturated carbocycles. The maximum Gasteiger partial charge on any atom is 0.318 e. The highest BCUT2D eigenvalue weighted by Crippen LogP contribution is 2.31. The fourth-order valence-corrected chi connectivity index (χ4v) is 8.43. The van der Waals surface area contributed by atoms with Gasteiger partial charge >= 0.3 is 6.03 Å². The zero-order valence-corrected chi connectivity index (χ0v) is 29.5. The topological polar surface area (TPSA) is 118 Å². The number of aromatic amines is 1. The first-order valence-electron chi connectivity index (χ1n) is 16.3. The minimum atomic E-state index is -0.712. The number of hydrogen-bond donors (Lipinski definition) is 3. The lowest BCUT2D eigenvalue weighted by molar-refractivity contribution is -0.135. The van der Waals surface area contributed by atoms with E-state index in [-0.39, 0.29) is 23.4 Å². The standard InChI is InChI=1S/C34H43Br2N7O3/c1-40-14-16-41(17-15-40)25-8-12-42(13-9-25)33(45)30(20-22-18-27(35)31(37)28(36)19-22)39-34(46)43-10-6-23(7-11-43)26-21-24-4-2-3-5-29(24)38-32(26)44/h2-5,18-19,21,23,25,30H,6-17,20,37H2,1H3,(H,38,44)(H,39,46)/t30-/m1/s1. The number of piperazine rings is 1. The van der Waals surface area contributed by atoms with Gasteiger partial charge < -0.3 is 30.7 Å². The van der Waals surface area contributed by atoms with Crippen LogP contribution in [-0.2, 0) is 11.2 Å². The monoisotopic (exact) mass is 755 g/mol. The van der Waals surface area contributed by atoms with Crippen LogP contribution in [0.25, 0.3) is 10.9 Å². The van der Waals surface area contributed by atoms with Crippen LogP contribution < -0.4 is 16.6 Å². The van der Waals surface area contributed by atoms with Crippen LogP contribution in [0.15, 0.2) is 56.2 Å². The molecule has 46 heavy (non-hydrogen) atoms. The largest absolute Gasteiger partial charge is 0.397 e. The molecule has 3 aliphatic rings. The van der Waals surface area contributed by atoms with Crippen molar-refractivity contribution in [3.63, 3.8) is 0 Å². The zero-order chi connectivity index (χ0) is 32.4. The Bertz CT molecular complexity index is 1600. The number of aromatic nitrogens is 1. The highest BCUT2D eigenvalue weighted by Gasteiger charge is 2.34. The van der Waals surface area contributed by atoms with E-state index in [1.165, 1.54) is 0 Å². The number of hydrogen-bond acceptors (Lipinski definition) is 6. The maximum atomic E-state index is 14.1. The van der Waals surface area contributed by atoms with Gasteiger partial charge in [-0.2, -0.15) is 0 Å². The van der Waals surface area contributed by atoms with Gasteiger partial charge in [0.2, 0.25) is 5.91 Å². The predicted molar refractivity (Wildman–Crippen MR) is 189 cm³/mol. The van der Waals surface area contributed by atoms with Crippen LogP contribution in [0.1, 0.15) is 42.7 Å². The van der Waals surface area contributed by atoms with Crippen molar-refractivity contribution < 1.29 is 9.59 Å². The third-order valence-corrected chi connectivity index (χ3v) is 11.3. The molecule has 10 nitrogen and oxygen atoms in total. The van der Waals surface area contributed by atoms with Crippen molar-refractivity contribution >= 4 is 60.4 Å². The Morgan fingerprint density at radius 3 is 2.22 bits per heavy atom. The second-order valence-electron chi connectivity index (χ2n) is 13.0. The van der Waals surface area contributed by atoms with Crippen LogP contribution in [0.4, 0.5) is 10.5 Å². The van der Waals surface area contributed by atoms with Crippen LogP contribution in [0.5, 0.6) is 0 Å². The van der Waals surface area contributed by atoms with Crippen molar-refractivity contribution in [3.05, 3.63) is 72.9 Å². The third kappa shape index (κ3) is 7.45. The molecule has 0 spiro atoms. The summed E-state index contributed by atoms with van der Waals surface area (Å²) in [5.74, 6) is 0.0211. The van der Waals surface area contributed by atoms with Crippen molar-refractivity contribution in [2.75, 3.05) is 65.1 Å². The summed E-state index contributed by atoms with van der Waals surface area (Å²) >= 11 is 7.05. The van der Waals surface area contributed by atoms with Crippen LogP contribution in [-0.4, -0.2) is 108 Å². The number of amides is 3. The van der Waals surface area contributed by atoms with Crippen LogP contribution in [0.2, 0.25) is 0 Å². The normalized spacial score (nSPS) is 19.8. The summed E-state index contributed by atoms with van der Waals surface area (Å²) in [6, 6.07) is 13.1. The van der Waals surface area contributed by atoms with Crippen LogP contribution in [0, 0.1) is 0 Å². The van der Waals surface area contributed by atoms with Gasteiger partial charge in [-0.05, 0) is 106 Å². The minimum Gasteiger partial charge on any atom is -0.397 e. The van der Waals surface area contributed by atoms with Gasteiger partial charge in [0.15, 0.2) is 0 Å². The zero-order valence-electron chi connectivity index (χ0n) is 26.3. The molecule has 3 fully saturated rings. The number of pyridine rings is 1. The average molecular weight is 758 g/mol. The molecule has 4 heterocycles. The molecule has 0 radical (unpaired) electrons. The molecule has 0 unspecified atom stereocenters. The number of likely N-dealkylation sites (tertiary alicyclic amines) is 2. The summed E-state index contributed by atoms with van der Waals surface area (Å²) in [5.41, 5.74) is 9.15. The Morgan fingerprint density at radius 2 is 1.54 bits per heavy atom. The fourth-order valence-electron chi connectivity index (χ4n) is 7.15. The summed E-state index contributed by atoms with van der Waals surface area (Å²) < 4.78 is 1.49. The SMILES string of the molecule is CN1CCN(C2CCN(C(=O)[C@@H](Cc3cc(Br)c(N)c(Br)c3)NC(=O)N3CCC(c4cc5ccccc5[nH]c4=O)CC3)CC2)CC1. The lowest BCUT2D eigenvalue weighted by Crippen LogP contribution is -2.57. The van der Waals surface area contributed by atoms with Gasteiger partial charge in [-0.1, -0.05) is 18.2 Å². The van der Waals surface area contributed by atoms with E-state index in [1.54, 1.807) is 4.90 Å². The van der Waals surface area contributed by atoms with E-state index in [2.05, 4.69) is 59.0 Å². The van der Waals surface area contributed by atoms with Crippen molar-refractivity contribution in [2.45, 2.75) is 50.1 Å². The molecule has 246 valence electrons. The molecule has 2 aromatic carbocycles. The average Bonchev–Trinajstić information content (AvgIpc) is 3.06. The molecule has 6 rings (SSSR count). The van der Waals surface area contributed by atoms with E-state index in [1.807, 2.05) is 47.4 Å². The second-order valence-corrected chi connectivity index (χ2v) is 14.7. The number of carbonyl (C=O) groups is 2. The van der Waals surface area contributed by atoms with Gasteiger partial charge in [-0.25, -0.2) is 4.79 Å². The van der Waals surface area contributed by atoms with Gasteiger partial charge in [0.25, 0.3) is 5.56 Å². The van der Waals surface area contributed by atoms with E-state index < -0.39 is 6.04 Å². The molecule has 0 aliphatic carbocycles. The predicted octanol–water partition coefficient (Wildman–Crippen LogP) is 4.37. The van der Waals surface area contributed by atoms with Crippen molar-refractivity contribution in [1.29, 1.82) is 0 Å². The van der Waals surface area contributed by atoms with Crippen molar-refractivity contribution in [3.8, 4) is 0 Å². The summed E-state index contributed by atoms with van der Waals surface area (Å²) in [4.78, 5) is 52.2. The highest BCUT2D eigenvalue weighted by atomic mass is 79.9. The quantitative estimate of drug-likeness (QED) is 0.322. The maximum absolute atomic E-state index is 14.1. The minimum absolute atomic E-state index is 0.0492. The summed E-state index contributed by atoms with van der Waals surface area (Å²) in [6.07, 6.45) is 3.60. The molecular weight excluding hydrogens is 714 g/mol. The number of anilines is 1. The molecule has 3 aliphatic heterocycles. The number of piperidine rings is 2. The van der Waals surface area contributed by atoms with Gasteiger partial charge in [0, 0.05) is 84.8 Å². The van der Waals surface area contributed by atoms with Crippen LogP contribution in [0.3, 0.4) is 0 Å². The highest BCUT2D eigenvalue weighted by molar-refractivity contribution is 9.11. The first-order chi connectivity index (χ1) is 22.2. The Kier molecular flexibility index (Phi) is 10.4. The lowest BCUT2D eigenvalue weighted by atomic mass is 9.89.